The second-order valence-electron chi connectivity index (χ2n) is 9.34. The Hall–Kier alpha value is -0.383. The monoisotopic (exact) mass is 364 g/mol. The lowest BCUT2D eigenvalue weighted by Gasteiger charge is -2.35. The first-order valence-corrected chi connectivity index (χ1v) is 12.0. The first-order valence-electron chi connectivity index (χ1n) is 10.2. The maximum absolute atomic E-state index is 6.66. The average molecular weight is 365 g/mol. The summed E-state index contributed by atoms with van der Waals surface area (Å²) >= 11 is 0. The lowest BCUT2D eigenvalue weighted by molar-refractivity contribution is 0.197. The van der Waals surface area contributed by atoms with E-state index in [0.717, 1.165) is 26.1 Å². The van der Waals surface area contributed by atoms with E-state index in [1.807, 2.05) is 0 Å². The second kappa shape index (κ2) is 6.98. The van der Waals surface area contributed by atoms with E-state index in [-0.39, 0.29) is 10.8 Å². The van der Waals surface area contributed by atoms with Crippen molar-refractivity contribution in [3.8, 4) is 0 Å². The van der Waals surface area contributed by atoms with E-state index in [1.165, 1.54) is 21.5 Å². The normalized spacial score (nSPS) is 29.0. The molecule has 0 aromatic carbocycles. The minimum absolute atomic E-state index is 0.232. The summed E-state index contributed by atoms with van der Waals surface area (Å²) in [6.07, 6.45) is 2.24. The molecule has 0 aromatic heterocycles. The third-order valence-electron chi connectivity index (χ3n) is 7.81. The molecule has 0 saturated carbocycles. The summed E-state index contributed by atoms with van der Waals surface area (Å²) in [4.78, 5) is 0. The van der Waals surface area contributed by atoms with Gasteiger partial charge in [0.15, 0.2) is 0 Å². The predicted octanol–water partition coefficient (Wildman–Crippen LogP) is 6.35. The van der Waals surface area contributed by atoms with Gasteiger partial charge in [-0.1, -0.05) is 52.7 Å². The first kappa shape index (κ1) is 20.9. The molecule has 0 amide bonds. The Morgan fingerprint density at radius 1 is 0.800 bits per heavy atom. The van der Waals surface area contributed by atoms with Gasteiger partial charge in [0.1, 0.15) is 0 Å². The Morgan fingerprint density at radius 3 is 1.32 bits per heavy atom. The summed E-state index contributed by atoms with van der Waals surface area (Å²) in [5.41, 5.74) is 3.50. The van der Waals surface area contributed by atoms with Crippen molar-refractivity contribution in [2.24, 2.45) is 22.7 Å². The quantitative estimate of drug-likeness (QED) is 0.512. The Balaban J connectivity index is 2.69. The Kier molecular flexibility index (Phi) is 5.84. The van der Waals surface area contributed by atoms with Crippen molar-refractivity contribution in [2.75, 3.05) is 13.2 Å². The molecule has 0 N–H and O–H groups in total. The van der Waals surface area contributed by atoms with E-state index in [4.69, 9.17) is 8.85 Å². The standard InChI is InChI=1S/C22H40O2Si/c1-11-23-25(24-12-2,19-13-15(3)21(7,8)17(19)5)20-14-16(4)22(9,10)18(20)6/h15-16H,11-14H2,1-10H3. The molecule has 0 radical (unpaired) electrons. The maximum atomic E-state index is 6.66. The number of hydrogen-bond donors (Lipinski definition) is 0. The topological polar surface area (TPSA) is 18.5 Å². The van der Waals surface area contributed by atoms with Gasteiger partial charge in [-0.15, -0.1) is 0 Å². The molecule has 2 aliphatic rings. The van der Waals surface area contributed by atoms with Crippen LogP contribution >= 0.6 is 0 Å². The third-order valence-corrected chi connectivity index (χ3v) is 12.0. The third kappa shape index (κ3) is 3.11. The first-order chi connectivity index (χ1) is 11.5. The highest BCUT2D eigenvalue weighted by Gasteiger charge is 2.56. The summed E-state index contributed by atoms with van der Waals surface area (Å²) in [6.45, 7) is 24.7. The molecule has 0 saturated heterocycles. The summed E-state index contributed by atoms with van der Waals surface area (Å²) < 4.78 is 13.3. The van der Waals surface area contributed by atoms with Gasteiger partial charge in [0.05, 0.1) is 0 Å². The minimum atomic E-state index is -2.56. The number of hydrogen-bond acceptors (Lipinski definition) is 2. The average Bonchev–Trinajstić information content (AvgIpc) is 2.86. The van der Waals surface area contributed by atoms with Crippen molar-refractivity contribution in [1.82, 2.24) is 0 Å². The van der Waals surface area contributed by atoms with E-state index in [0.29, 0.717) is 11.8 Å². The highest BCUT2D eigenvalue weighted by atomic mass is 28.4. The molecule has 0 aliphatic heterocycles. The van der Waals surface area contributed by atoms with Gasteiger partial charge in [0, 0.05) is 13.2 Å². The van der Waals surface area contributed by atoms with Crippen LogP contribution in [0, 0.1) is 22.7 Å². The minimum Gasteiger partial charge on any atom is -0.388 e. The molecule has 3 heteroatoms. The largest absolute Gasteiger partial charge is 0.398 e. The van der Waals surface area contributed by atoms with Gasteiger partial charge in [-0.2, -0.15) is 0 Å². The van der Waals surface area contributed by atoms with Gasteiger partial charge in [-0.25, -0.2) is 0 Å². The molecule has 0 bridgehead atoms. The molecule has 2 atom stereocenters. The molecule has 0 heterocycles. The van der Waals surface area contributed by atoms with Crippen LogP contribution in [0.3, 0.4) is 0 Å². The van der Waals surface area contributed by atoms with Gasteiger partial charge >= 0.3 is 8.56 Å². The summed E-state index contributed by atoms with van der Waals surface area (Å²) in [6, 6.07) is 0. The zero-order valence-electron chi connectivity index (χ0n) is 18.3. The van der Waals surface area contributed by atoms with Gasteiger partial charge in [-0.3, -0.25) is 0 Å². The molecular formula is C22H40O2Si. The summed E-state index contributed by atoms with van der Waals surface area (Å²) in [5.74, 6) is 1.28. The van der Waals surface area contributed by atoms with Crippen LogP contribution in [0.2, 0.25) is 0 Å². The van der Waals surface area contributed by atoms with Crippen molar-refractivity contribution in [3.05, 3.63) is 21.5 Å². The van der Waals surface area contributed by atoms with Crippen molar-refractivity contribution in [2.45, 2.75) is 82.1 Å². The number of allylic oxidation sites excluding steroid dienone is 4. The molecule has 2 unspecified atom stereocenters. The molecule has 0 fully saturated rings. The zero-order valence-corrected chi connectivity index (χ0v) is 19.3. The van der Waals surface area contributed by atoms with E-state index in [1.54, 1.807) is 0 Å². The molecule has 25 heavy (non-hydrogen) atoms. The fourth-order valence-corrected chi connectivity index (χ4v) is 9.43. The second-order valence-corrected chi connectivity index (χ2v) is 12.4. The van der Waals surface area contributed by atoms with E-state index >= 15 is 0 Å². The lowest BCUT2D eigenvalue weighted by atomic mass is 9.79. The van der Waals surface area contributed by atoms with Crippen LogP contribution in [0.5, 0.6) is 0 Å². The van der Waals surface area contributed by atoms with Crippen molar-refractivity contribution in [1.29, 1.82) is 0 Å². The van der Waals surface area contributed by atoms with Gasteiger partial charge in [0.25, 0.3) is 0 Å². The zero-order chi connectivity index (χ0) is 19.2. The fourth-order valence-electron chi connectivity index (χ4n) is 4.69. The van der Waals surface area contributed by atoms with Crippen molar-refractivity contribution >= 4 is 8.56 Å². The van der Waals surface area contributed by atoms with Crippen LogP contribution in [-0.4, -0.2) is 21.8 Å². The Bertz CT molecular complexity index is 531. The van der Waals surface area contributed by atoms with Gasteiger partial charge in [0.2, 0.25) is 0 Å². The Morgan fingerprint density at radius 2 is 1.12 bits per heavy atom. The molecule has 2 aliphatic carbocycles. The van der Waals surface area contributed by atoms with Crippen LogP contribution in [0.15, 0.2) is 21.5 Å². The van der Waals surface area contributed by atoms with E-state index in [2.05, 4.69) is 69.2 Å². The fraction of sp³-hybridized carbons (Fsp3) is 0.818. The molecular weight excluding hydrogens is 324 g/mol. The lowest BCUT2D eigenvalue weighted by Crippen LogP contribution is -2.48. The van der Waals surface area contributed by atoms with E-state index in [9.17, 15) is 0 Å². The van der Waals surface area contributed by atoms with Crippen molar-refractivity contribution in [3.63, 3.8) is 0 Å². The molecule has 144 valence electrons. The van der Waals surface area contributed by atoms with Gasteiger partial charge < -0.3 is 8.85 Å². The highest BCUT2D eigenvalue weighted by Crippen LogP contribution is 2.55. The van der Waals surface area contributed by atoms with Crippen LogP contribution in [0.4, 0.5) is 0 Å². The highest BCUT2D eigenvalue weighted by molar-refractivity contribution is 6.82. The van der Waals surface area contributed by atoms with Crippen LogP contribution < -0.4 is 0 Å². The van der Waals surface area contributed by atoms with Crippen molar-refractivity contribution < 1.29 is 8.85 Å². The van der Waals surface area contributed by atoms with Crippen LogP contribution in [0.1, 0.15) is 82.1 Å². The van der Waals surface area contributed by atoms with Gasteiger partial charge in [-0.05, 0) is 73.6 Å². The SMILES string of the molecule is CCO[Si](OCC)(C1=C(C)C(C)(C)C(C)C1)C1=C(C)C(C)(C)C(C)C1. The summed E-state index contributed by atoms with van der Waals surface area (Å²) in [7, 11) is -2.56. The van der Waals surface area contributed by atoms with Crippen LogP contribution in [0.25, 0.3) is 0 Å². The molecule has 0 aromatic rings. The maximum Gasteiger partial charge on any atom is 0.398 e. The van der Waals surface area contributed by atoms with Crippen LogP contribution in [-0.2, 0) is 8.85 Å². The molecule has 0 spiro atoms. The van der Waals surface area contributed by atoms with E-state index < -0.39 is 8.56 Å². The number of rotatable bonds is 6. The summed E-state index contributed by atoms with van der Waals surface area (Å²) in [5, 5.41) is 3.04. The predicted molar refractivity (Wildman–Crippen MR) is 110 cm³/mol. The smallest absolute Gasteiger partial charge is 0.388 e. The Labute approximate surface area is 157 Å². The molecule has 2 nitrogen and oxygen atoms in total. The molecule has 2 rings (SSSR count).